The molecule has 2 fully saturated rings. The number of aliphatic hydroxyl groups excluding tert-OH is 2. The standard InChI is InChI=1S/C20H30F2O5/c1-2-3-4-7-13(23)10-11-14-15(24)12-16-19(14)20(21,22)17(27-16)8-5-6-9-18(25)26/h8,10-11,13-16,19,23-24H,2-7,9,12H2,1H3,(H,25,26)/b11-10?,17-8+/t13-,14-,15+,16-,19+/m0/s1. The molecule has 1 aliphatic carbocycles. The minimum atomic E-state index is -3.21. The van der Waals surface area contributed by atoms with E-state index in [-0.39, 0.29) is 25.7 Å². The van der Waals surface area contributed by atoms with Crippen molar-refractivity contribution in [1.29, 1.82) is 0 Å². The van der Waals surface area contributed by atoms with E-state index in [0.29, 0.717) is 6.42 Å². The number of alkyl halides is 2. The summed E-state index contributed by atoms with van der Waals surface area (Å²) < 4.78 is 35.1. The van der Waals surface area contributed by atoms with Crippen LogP contribution in [0.3, 0.4) is 0 Å². The van der Waals surface area contributed by atoms with Gasteiger partial charge in [0.2, 0.25) is 0 Å². The van der Waals surface area contributed by atoms with Crippen LogP contribution in [-0.2, 0) is 9.53 Å². The molecule has 154 valence electrons. The van der Waals surface area contributed by atoms with Crippen molar-refractivity contribution in [2.45, 2.75) is 82.5 Å². The highest BCUT2D eigenvalue weighted by Gasteiger charge is 2.63. The predicted molar refractivity (Wildman–Crippen MR) is 96.3 cm³/mol. The van der Waals surface area contributed by atoms with Crippen molar-refractivity contribution >= 4 is 5.97 Å². The third-order valence-electron chi connectivity index (χ3n) is 5.34. The number of halogens is 2. The number of carboxylic acids is 1. The van der Waals surface area contributed by atoms with Crippen LogP contribution in [0, 0.1) is 11.8 Å². The third-order valence-corrected chi connectivity index (χ3v) is 5.34. The van der Waals surface area contributed by atoms with Gasteiger partial charge in [0.25, 0.3) is 0 Å². The first kappa shape index (κ1) is 21.8. The smallest absolute Gasteiger partial charge is 0.310 e. The van der Waals surface area contributed by atoms with Crippen molar-refractivity contribution < 1.29 is 33.6 Å². The van der Waals surface area contributed by atoms with Crippen molar-refractivity contribution in [1.82, 2.24) is 0 Å². The zero-order chi connectivity index (χ0) is 20.0. The number of ether oxygens (including phenoxy) is 1. The Morgan fingerprint density at radius 2 is 2.11 bits per heavy atom. The average molecular weight is 388 g/mol. The van der Waals surface area contributed by atoms with Gasteiger partial charge in [-0.05, 0) is 25.3 Å². The highest BCUT2D eigenvalue weighted by atomic mass is 19.3. The van der Waals surface area contributed by atoms with E-state index in [1.807, 2.05) is 0 Å². The lowest BCUT2D eigenvalue weighted by Crippen LogP contribution is -2.33. The van der Waals surface area contributed by atoms with Gasteiger partial charge >= 0.3 is 11.9 Å². The zero-order valence-electron chi connectivity index (χ0n) is 15.7. The molecule has 1 saturated carbocycles. The molecular weight excluding hydrogens is 358 g/mol. The third kappa shape index (κ3) is 5.51. The molecule has 2 aliphatic rings. The van der Waals surface area contributed by atoms with Crippen molar-refractivity contribution in [3.05, 3.63) is 24.0 Å². The Kier molecular flexibility index (Phi) is 7.79. The fraction of sp³-hybridized carbons (Fsp3) is 0.750. The maximum Gasteiger partial charge on any atom is 0.310 e. The first-order chi connectivity index (χ1) is 12.8. The molecule has 0 aromatic heterocycles. The Balaban J connectivity index is 2.01. The summed E-state index contributed by atoms with van der Waals surface area (Å²) in [6, 6.07) is 0. The maximum atomic E-state index is 14.8. The second-order valence-corrected chi connectivity index (χ2v) is 7.49. The molecule has 2 rings (SSSR count). The molecule has 0 radical (unpaired) electrons. The van der Waals surface area contributed by atoms with Gasteiger partial charge in [-0.1, -0.05) is 38.3 Å². The molecule has 0 aromatic rings. The van der Waals surface area contributed by atoms with E-state index in [1.165, 1.54) is 18.2 Å². The number of aliphatic carboxylic acids is 1. The van der Waals surface area contributed by atoms with Crippen molar-refractivity contribution in [3.63, 3.8) is 0 Å². The monoisotopic (exact) mass is 388 g/mol. The topological polar surface area (TPSA) is 87.0 Å². The molecule has 0 amide bonds. The molecule has 0 unspecified atom stereocenters. The van der Waals surface area contributed by atoms with Crippen molar-refractivity contribution in [2.24, 2.45) is 11.8 Å². The van der Waals surface area contributed by atoms with Gasteiger partial charge < -0.3 is 20.1 Å². The van der Waals surface area contributed by atoms with Crippen LogP contribution >= 0.6 is 0 Å². The Labute approximate surface area is 158 Å². The summed E-state index contributed by atoms with van der Waals surface area (Å²) in [4.78, 5) is 10.5. The largest absolute Gasteiger partial charge is 0.488 e. The summed E-state index contributed by atoms with van der Waals surface area (Å²) in [5.41, 5.74) is 0. The predicted octanol–water partition coefficient (Wildman–Crippen LogP) is 3.65. The van der Waals surface area contributed by atoms with Gasteiger partial charge in [-0.2, -0.15) is 8.78 Å². The molecule has 7 heteroatoms. The summed E-state index contributed by atoms with van der Waals surface area (Å²) in [5.74, 6) is -6.55. The number of allylic oxidation sites excluding steroid dienone is 2. The SMILES string of the molecule is CCCCC[C@H](O)C=C[C@@H]1[C@@H]2[C@H](C[C@H]1O)O/C(=C/CCCC(=O)O)C2(F)F. The minimum Gasteiger partial charge on any atom is -0.488 e. The summed E-state index contributed by atoms with van der Waals surface area (Å²) in [7, 11) is 0. The Bertz CT molecular complexity index is 561. The average Bonchev–Trinajstić information content (AvgIpc) is 3.03. The van der Waals surface area contributed by atoms with Crippen LogP contribution in [0.4, 0.5) is 8.78 Å². The molecule has 3 N–H and O–H groups in total. The Morgan fingerprint density at radius 3 is 2.78 bits per heavy atom. The molecule has 5 nitrogen and oxygen atoms in total. The second kappa shape index (κ2) is 9.64. The molecule has 0 spiro atoms. The summed E-state index contributed by atoms with van der Waals surface area (Å²) in [5, 5.41) is 28.8. The van der Waals surface area contributed by atoms with Crippen LogP contribution in [0.1, 0.15) is 58.3 Å². The number of carboxylic acid groups (broad SMARTS) is 1. The first-order valence-electron chi connectivity index (χ1n) is 9.78. The fourth-order valence-electron chi connectivity index (χ4n) is 3.91. The molecule has 1 saturated heterocycles. The number of aliphatic hydroxyl groups is 2. The molecule has 27 heavy (non-hydrogen) atoms. The lowest BCUT2D eigenvalue weighted by atomic mass is 9.87. The van der Waals surface area contributed by atoms with Gasteiger partial charge in [-0.15, -0.1) is 0 Å². The van der Waals surface area contributed by atoms with E-state index in [0.717, 1.165) is 19.3 Å². The van der Waals surface area contributed by atoms with Gasteiger partial charge in [0.05, 0.1) is 18.1 Å². The lowest BCUT2D eigenvalue weighted by Gasteiger charge is -2.22. The van der Waals surface area contributed by atoms with Crippen LogP contribution in [0.5, 0.6) is 0 Å². The number of fused-ring (bicyclic) bond motifs is 1. The maximum absolute atomic E-state index is 14.8. The first-order valence-corrected chi connectivity index (χ1v) is 9.78. The molecule has 0 aromatic carbocycles. The zero-order valence-corrected chi connectivity index (χ0v) is 15.7. The molecule has 1 aliphatic heterocycles. The molecular formula is C20H30F2O5. The van der Waals surface area contributed by atoms with Crippen LogP contribution < -0.4 is 0 Å². The number of hydrogen-bond acceptors (Lipinski definition) is 4. The summed E-state index contributed by atoms with van der Waals surface area (Å²) in [6.07, 6.45) is 5.87. The highest BCUT2D eigenvalue weighted by molar-refractivity contribution is 5.66. The Hall–Kier alpha value is -1.47. The van der Waals surface area contributed by atoms with Crippen LogP contribution in [0.15, 0.2) is 24.0 Å². The minimum absolute atomic E-state index is 0.0811. The van der Waals surface area contributed by atoms with E-state index in [1.54, 1.807) is 0 Å². The highest BCUT2D eigenvalue weighted by Crippen LogP contribution is 2.54. The summed E-state index contributed by atoms with van der Waals surface area (Å²) >= 11 is 0. The molecule has 1 heterocycles. The lowest BCUT2D eigenvalue weighted by molar-refractivity contribution is -0.137. The van der Waals surface area contributed by atoms with Gasteiger partial charge in [0.15, 0.2) is 5.76 Å². The molecule has 0 bridgehead atoms. The van der Waals surface area contributed by atoms with Crippen molar-refractivity contribution in [3.8, 4) is 0 Å². The van der Waals surface area contributed by atoms with Gasteiger partial charge in [-0.3, -0.25) is 4.79 Å². The Morgan fingerprint density at radius 1 is 1.37 bits per heavy atom. The van der Waals surface area contributed by atoms with E-state index in [9.17, 15) is 23.8 Å². The molecule has 5 atom stereocenters. The van der Waals surface area contributed by atoms with Crippen LogP contribution in [-0.4, -0.2) is 45.5 Å². The van der Waals surface area contributed by atoms with E-state index in [2.05, 4.69) is 6.92 Å². The quantitative estimate of drug-likeness (QED) is 0.393. The number of unbranched alkanes of at least 4 members (excludes halogenated alkanes) is 3. The summed E-state index contributed by atoms with van der Waals surface area (Å²) in [6.45, 7) is 2.06. The van der Waals surface area contributed by atoms with Crippen LogP contribution in [0.2, 0.25) is 0 Å². The number of hydrogen-bond donors (Lipinski definition) is 3. The second-order valence-electron chi connectivity index (χ2n) is 7.49. The normalized spacial score (nSPS) is 32.0. The van der Waals surface area contributed by atoms with E-state index in [4.69, 9.17) is 9.84 Å². The van der Waals surface area contributed by atoms with Gasteiger partial charge in [0, 0.05) is 18.8 Å². The van der Waals surface area contributed by atoms with E-state index >= 15 is 0 Å². The van der Waals surface area contributed by atoms with E-state index < -0.39 is 47.8 Å². The van der Waals surface area contributed by atoms with Gasteiger partial charge in [0.1, 0.15) is 6.10 Å². The van der Waals surface area contributed by atoms with Gasteiger partial charge in [-0.25, -0.2) is 0 Å². The van der Waals surface area contributed by atoms with Crippen molar-refractivity contribution in [2.75, 3.05) is 0 Å². The number of rotatable bonds is 10. The fourth-order valence-corrected chi connectivity index (χ4v) is 3.91. The number of carbonyl (C=O) groups is 1. The van der Waals surface area contributed by atoms with Crippen LogP contribution in [0.25, 0.3) is 0 Å².